The lowest BCUT2D eigenvalue weighted by molar-refractivity contribution is 0.0692. The molecule has 5 nitrogen and oxygen atoms in total. The Hall–Kier alpha value is -1.92. The zero-order chi connectivity index (χ0) is 13.1. The Balaban J connectivity index is 2.38. The van der Waals surface area contributed by atoms with Crippen molar-refractivity contribution < 1.29 is 19.7 Å². The molecule has 18 heavy (non-hydrogen) atoms. The average Bonchev–Trinajstić information content (AvgIpc) is 2.87. The molecule has 0 amide bonds. The third-order valence-corrected chi connectivity index (χ3v) is 3.38. The molecule has 0 aliphatic carbocycles. The summed E-state index contributed by atoms with van der Waals surface area (Å²) in [5, 5.41) is 20.8. The molecule has 0 aliphatic heterocycles. The van der Waals surface area contributed by atoms with Crippen LogP contribution in [0.25, 0.3) is 0 Å². The molecule has 0 saturated heterocycles. The van der Waals surface area contributed by atoms with Crippen molar-refractivity contribution in [1.82, 2.24) is 4.98 Å². The highest BCUT2D eigenvalue weighted by atomic mass is 32.1. The number of methoxy groups -OCH3 is 1. The zero-order valence-corrected chi connectivity index (χ0v) is 10.3. The monoisotopic (exact) mass is 265 g/mol. The van der Waals surface area contributed by atoms with Crippen LogP contribution in [0.3, 0.4) is 0 Å². The molecule has 2 aromatic rings. The summed E-state index contributed by atoms with van der Waals surface area (Å²) < 4.78 is 4.96. The number of aromatic nitrogens is 1. The molecule has 2 aromatic heterocycles. The fourth-order valence-electron chi connectivity index (χ4n) is 1.54. The van der Waals surface area contributed by atoms with Gasteiger partial charge in [-0.05, 0) is 17.5 Å². The van der Waals surface area contributed by atoms with E-state index in [9.17, 15) is 9.90 Å². The van der Waals surface area contributed by atoms with E-state index < -0.39 is 12.1 Å². The van der Waals surface area contributed by atoms with Crippen molar-refractivity contribution in [3.8, 4) is 5.88 Å². The van der Waals surface area contributed by atoms with Gasteiger partial charge in [0.25, 0.3) is 0 Å². The van der Waals surface area contributed by atoms with Gasteiger partial charge in [0.1, 0.15) is 6.10 Å². The van der Waals surface area contributed by atoms with Gasteiger partial charge < -0.3 is 14.9 Å². The number of rotatable bonds is 4. The van der Waals surface area contributed by atoms with Crippen molar-refractivity contribution >= 4 is 17.3 Å². The Morgan fingerprint density at radius 1 is 1.44 bits per heavy atom. The number of aliphatic hydroxyl groups excluding tert-OH is 1. The maximum Gasteiger partial charge on any atom is 0.336 e. The number of aliphatic hydroxyl groups is 1. The summed E-state index contributed by atoms with van der Waals surface area (Å²) in [6.07, 6.45) is -1.06. The summed E-state index contributed by atoms with van der Waals surface area (Å²) in [5.41, 5.74) is 0.455. The van der Waals surface area contributed by atoms with Crippen LogP contribution >= 0.6 is 11.3 Å². The number of pyridine rings is 1. The van der Waals surface area contributed by atoms with E-state index in [1.807, 2.05) is 0 Å². The van der Waals surface area contributed by atoms with E-state index in [1.54, 1.807) is 23.6 Å². The fraction of sp³-hybridized carbons (Fsp3) is 0.167. The highest BCUT2D eigenvalue weighted by Crippen LogP contribution is 2.29. The lowest BCUT2D eigenvalue weighted by Crippen LogP contribution is -2.06. The molecule has 1 atom stereocenters. The second-order valence-electron chi connectivity index (χ2n) is 3.51. The van der Waals surface area contributed by atoms with E-state index >= 15 is 0 Å². The Morgan fingerprint density at radius 2 is 2.22 bits per heavy atom. The first-order chi connectivity index (χ1) is 8.63. The average molecular weight is 265 g/mol. The SMILES string of the molecule is COc1cccc(C(O)c2sccc2C(=O)O)n1. The molecule has 0 aliphatic rings. The minimum absolute atomic E-state index is 0.0946. The van der Waals surface area contributed by atoms with Gasteiger partial charge in [-0.15, -0.1) is 11.3 Å². The first-order valence-electron chi connectivity index (χ1n) is 5.13. The summed E-state index contributed by atoms with van der Waals surface area (Å²) in [5.74, 6) is -0.687. The highest BCUT2D eigenvalue weighted by Gasteiger charge is 2.21. The number of carboxylic acids is 1. The molecule has 0 saturated carbocycles. The van der Waals surface area contributed by atoms with E-state index in [1.165, 1.54) is 24.5 Å². The lowest BCUT2D eigenvalue weighted by Gasteiger charge is -2.10. The van der Waals surface area contributed by atoms with Crippen LogP contribution in [0, 0.1) is 0 Å². The molecular formula is C12H11NO4S. The second kappa shape index (κ2) is 5.16. The molecule has 2 N–H and O–H groups in total. The number of hydrogen-bond donors (Lipinski definition) is 2. The third kappa shape index (κ3) is 2.34. The molecule has 0 radical (unpaired) electrons. The quantitative estimate of drug-likeness (QED) is 0.883. The van der Waals surface area contributed by atoms with Crippen LogP contribution in [-0.4, -0.2) is 28.3 Å². The molecule has 6 heteroatoms. The van der Waals surface area contributed by atoms with Crippen LogP contribution in [-0.2, 0) is 0 Å². The van der Waals surface area contributed by atoms with Gasteiger partial charge in [0.15, 0.2) is 0 Å². The van der Waals surface area contributed by atoms with E-state index in [0.717, 1.165) is 0 Å². The Labute approximate surface area is 107 Å². The number of ether oxygens (including phenoxy) is 1. The van der Waals surface area contributed by atoms with Crippen LogP contribution < -0.4 is 4.74 Å². The van der Waals surface area contributed by atoms with Gasteiger partial charge in [0.2, 0.25) is 5.88 Å². The van der Waals surface area contributed by atoms with Crippen LogP contribution in [0.1, 0.15) is 27.0 Å². The maximum absolute atomic E-state index is 11.0. The van der Waals surface area contributed by atoms with Gasteiger partial charge in [-0.2, -0.15) is 0 Å². The minimum Gasteiger partial charge on any atom is -0.481 e. The molecule has 0 fully saturated rings. The van der Waals surface area contributed by atoms with Gasteiger partial charge in [-0.25, -0.2) is 9.78 Å². The summed E-state index contributed by atoms with van der Waals surface area (Å²) in [6, 6.07) is 6.44. The molecule has 2 rings (SSSR count). The van der Waals surface area contributed by atoms with Gasteiger partial charge in [-0.1, -0.05) is 6.07 Å². The zero-order valence-electron chi connectivity index (χ0n) is 9.53. The molecule has 2 heterocycles. The van der Waals surface area contributed by atoms with Gasteiger partial charge in [0, 0.05) is 6.07 Å². The molecule has 0 bridgehead atoms. The normalized spacial score (nSPS) is 12.1. The maximum atomic E-state index is 11.0. The lowest BCUT2D eigenvalue weighted by atomic mass is 10.1. The largest absolute Gasteiger partial charge is 0.481 e. The van der Waals surface area contributed by atoms with Crippen LogP contribution in [0.4, 0.5) is 0 Å². The van der Waals surface area contributed by atoms with Gasteiger partial charge in [-0.3, -0.25) is 0 Å². The smallest absolute Gasteiger partial charge is 0.336 e. The summed E-state index contributed by atoms with van der Waals surface area (Å²) in [7, 11) is 1.48. The van der Waals surface area contributed by atoms with E-state index in [0.29, 0.717) is 16.5 Å². The van der Waals surface area contributed by atoms with Crippen LogP contribution in [0.15, 0.2) is 29.6 Å². The molecule has 1 unspecified atom stereocenters. The van der Waals surface area contributed by atoms with Crippen LogP contribution in [0.2, 0.25) is 0 Å². The van der Waals surface area contributed by atoms with E-state index in [4.69, 9.17) is 9.84 Å². The van der Waals surface area contributed by atoms with Crippen molar-refractivity contribution in [2.24, 2.45) is 0 Å². The van der Waals surface area contributed by atoms with Gasteiger partial charge >= 0.3 is 5.97 Å². The number of hydrogen-bond acceptors (Lipinski definition) is 5. The predicted molar refractivity (Wildman–Crippen MR) is 66.1 cm³/mol. The first-order valence-corrected chi connectivity index (χ1v) is 6.01. The van der Waals surface area contributed by atoms with Crippen molar-refractivity contribution in [3.63, 3.8) is 0 Å². The number of carbonyl (C=O) groups is 1. The van der Waals surface area contributed by atoms with Crippen molar-refractivity contribution in [3.05, 3.63) is 45.8 Å². The number of nitrogens with zero attached hydrogens (tertiary/aromatic N) is 1. The molecule has 0 aromatic carbocycles. The molecular weight excluding hydrogens is 254 g/mol. The fourth-order valence-corrected chi connectivity index (χ4v) is 2.42. The molecule has 0 spiro atoms. The summed E-state index contributed by atoms with van der Waals surface area (Å²) in [4.78, 5) is 15.4. The Morgan fingerprint density at radius 3 is 2.89 bits per heavy atom. The summed E-state index contributed by atoms with van der Waals surface area (Å²) >= 11 is 1.18. The first kappa shape index (κ1) is 12.5. The third-order valence-electron chi connectivity index (χ3n) is 2.41. The van der Waals surface area contributed by atoms with Crippen molar-refractivity contribution in [1.29, 1.82) is 0 Å². The van der Waals surface area contributed by atoms with Crippen LogP contribution in [0.5, 0.6) is 5.88 Å². The topological polar surface area (TPSA) is 79.7 Å². The predicted octanol–water partition coefficient (Wildman–Crippen LogP) is 1.93. The van der Waals surface area contributed by atoms with Gasteiger partial charge in [0.05, 0.1) is 23.2 Å². The highest BCUT2D eigenvalue weighted by molar-refractivity contribution is 7.10. The van der Waals surface area contributed by atoms with Crippen molar-refractivity contribution in [2.75, 3.05) is 7.11 Å². The standard InChI is InChI=1S/C12H11NO4S/c1-17-9-4-2-3-8(13-9)10(14)11-7(12(15)16)5-6-18-11/h2-6,10,14H,1H3,(H,15,16). The van der Waals surface area contributed by atoms with E-state index in [2.05, 4.69) is 4.98 Å². The number of thiophene rings is 1. The molecule has 94 valence electrons. The minimum atomic E-state index is -1.06. The van der Waals surface area contributed by atoms with E-state index in [-0.39, 0.29) is 5.56 Å². The Bertz CT molecular complexity index is 567. The number of aromatic carboxylic acids is 1. The number of carboxylic acid groups (broad SMARTS) is 1. The van der Waals surface area contributed by atoms with Crippen molar-refractivity contribution in [2.45, 2.75) is 6.10 Å². The Kier molecular flexibility index (Phi) is 3.59. The second-order valence-corrected chi connectivity index (χ2v) is 4.46. The summed E-state index contributed by atoms with van der Waals surface area (Å²) in [6.45, 7) is 0.